The second kappa shape index (κ2) is 10.2. The van der Waals surface area contributed by atoms with Crippen molar-refractivity contribution in [3.8, 4) is 28.3 Å². The van der Waals surface area contributed by atoms with Crippen LogP contribution in [0.2, 0.25) is 15.1 Å². The lowest BCUT2D eigenvalue weighted by Gasteiger charge is -2.14. The van der Waals surface area contributed by atoms with Gasteiger partial charge in [0.2, 0.25) is 0 Å². The van der Waals surface area contributed by atoms with Gasteiger partial charge in [-0.05, 0) is 35.9 Å². The molecular weight excluding hydrogens is 483 g/mol. The van der Waals surface area contributed by atoms with Crippen molar-refractivity contribution >= 4 is 40.8 Å². The molecule has 0 saturated carbocycles. The summed E-state index contributed by atoms with van der Waals surface area (Å²) in [6, 6.07) is 19.9. The van der Waals surface area contributed by atoms with Crippen molar-refractivity contribution in [2.75, 3.05) is 7.11 Å². The Labute approximate surface area is 205 Å². The number of hydrogen-bond acceptors (Lipinski definition) is 5. The minimum absolute atomic E-state index is 0.142. The van der Waals surface area contributed by atoms with Crippen LogP contribution < -0.4 is 4.74 Å². The molecule has 2 heterocycles. The maximum atomic E-state index is 12.1. The molecule has 0 radical (unpaired) electrons. The van der Waals surface area contributed by atoms with Crippen LogP contribution in [0.4, 0.5) is 0 Å². The molecule has 0 aliphatic heterocycles. The molecule has 166 valence electrons. The molecule has 0 saturated heterocycles. The molecule has 0 aliphatic rings. The largest absolute Gasteiger partial charge is 0.487 e. The first-order valence-corrected chi connectivity index (χ1v) is 11.0. The predicted molar refractivity (Wildman–Crippen MR) is 130 cm³/mol. The van der Waals surface area contributed by atoms with Crippen LogP contribution in [0.3, 0.4) is 0 Å². The Morgan fingerprint density at radius 1 is 0.909 bits per heavy atom. The van der Waals surface area contributed by atoms with E-state index in [4.69, 9.17) is 44.3 Å². The third-order valence-corrected chi connectivity index (χ3v) is 5.60. The first-order valence-electron chi connectivity index (χ1n) is 9.83. The van der Waals surface area contributed by atoms with E-state index < -0.39 is 5.97 Å². The average molecular weight is 500 g/mol. The monoisotopic (exact) mass is 498 g/mol. The first kappa shape index (κ1) is 23.1. The Bertz CT molecular complexity index is 1310. The van der Waals surface area contributed by atoms with Crippen molar-refractivity contribution < 1.29 is 14.3 Å². The van der Waals surface area contributed by atoms with E-state index in [1.165, 1.54) is 13.3 Å². The van der Waals surface area contributed by atoms with Gasteiger partial charge in [-0.1, -0.05) is 71.2 Å². The highest BCUT2D eigenvalue weighted by Gasteiger charge is 2.19. The standard InChI is InChI=1S/C25H17Cl3N2O3/c1-32-25(31)21-10-8-18(24-20(28)12-17(26)13-29-24)23(30-21)16-7-9-19(27)22(11-16)33-14-15-5-3-2-4-6-15/h2-13H,14H2,1H3. The summed E-state index contributed by atoms with van der Waals surface area (Å²) in [5.41, 5.74) is 3.36. The zero-order chi connectivity index (χ0) is 23.4. The van der Waals surface area contributed by atoms with E-state index in [9.17, 15) is 4.79 Å². The van der Waals surface area contributed by atoms with Crippen LogP contribution in [0, 0.1) is 0 Å². The summed E-state index contributed by atoms with van der Waals surface area (Å²) in [6.07, 6.45) is 1.50. The lowest BCUT2D eigenvalue weighted by molar-refractivity contribution is 0.0594. The molecule has 0 spiro atoms. The van der Waals surface area contributed by atoms with E-state index in [1.54, 1.807) is 36.4 Å². The van der Waals surface area contributed by atoms with Gasteiger partial charge in [-0.2, -0.15) is 0 Å². The summed E-state index contributed by atoms with van der Waals surface area (Å²) >= 11 is 18.8. The maximum absolute atomic E-state index is 12.1. The Morgan fingerprint density at radius 2 is 1.70 bits per heavy atom. The zero-order valence-corrected chi connectivity index (χ0v) is 19.7. The number of methoxy groups -OCH3 is 1. The quantitative estimate of drug-likeness (QED) is 0.264. The molecule has 0 fully saturated rings. The average Bonchev–Trinajstić information content (AvgIpc) is 2.83. The molecule has 2 aromatic heterocycles. The number of aromatic nitrogens is 2. The van der Waals surface area contributed by atoms with E-state index in [0.29, 0.717) is 49.9 Å². The highest BCUT2D eigenvalue weighted by atomic mass is 35.5. The molecule has 4 rings (SSSR count). The van der Waals surface area contributed by atoms with E-state index in [-0.39, 0.29) is 5.69 Å². The van der Waals surface area contributed by atoms with Crippen LogP contribution in [0.25, 0.3) is 22.5 Å². The second-order valence-electron chi connectivity index (χ2n) is 6.99. The number of esters is 1. The van der Waals surface area contributed by atoms with Gasteiger partial charge in [-0.3, -0.25) is 4.98 Å². The molecule has 8 heteroatoms. The summed E-state index contributed by atoms with van der Waals surface area (Å²) in [5.74, 6) is -0.0862. The van der Waals surface area contributed by atoms with Gasteiger partial charge in [0.05, 0.1) is 33.6 Å². The molecule has 0 atom stereocenters. The number of rotatable bonds is 6. The second-order valence-corrected chi connectivity index (χ2v) is 8.24. The number of carbonyl (C=O) groups excluding carboxylic acids is 1. The van der Waals surface area contributed by atoms with Crippen molar-refractivity contribution in [3.63, 3.8) is 0 Å². The van der Waals surface area contributed by atoms with E-state index >= 15 is 0 Å². The van der Waals surface area contributed by atoms with Crippen molar-refractivity contribution in [3.05, 3.63) is 99.3 Å². The third-order valence-electron chi connectivity index (χ3n) is 4.79. The lowest BCUT2D eigenvalue weighted by atomic mass is 10.0. The minimum Gasteiger partial charge on any atom is -0.487 e. The van der Waals surface area contributed by atoms with Crippen LogP contribution >= 0.6 is 34.8 Å². The summed E-state index contributed by atoms with van der Waals surface area (Å²) in [4.78, 5) is 21.1. The van der Waals surface area contributed by atoms with Crippen LogP contribution in [-0.4, -0.2) is 23.0 Å². The highest BCUT2D eigenvalue weighted by Crippen LogP contribution is 2.37. The number of pyridine rings is 2. The van der Waals surface area contributed by atoms with Crippen LogP contribution in [0.1, 0.15) is 16.1 Å². The zero-order valence-electron chi connectivity index (χ0n) is 17.4. The SMILES string of the molecule is COC(=O)c1ccc(-c2ncc(Cl)cc2Cl)c(-c2ccc(Cl)c(OCc3ccccc3)c2)n1. The van der Waals surface area contributed by atoms with Crippen molar-refractivity contribution in [2.45, 2.75) is 6.61 Å². The predicted octanol–water partition coefficient (Wildman–Crippen LogP) is 7.14. The van der Waals surface area contributed by atoms with Gasteiger partial charge in [0.1, 0.15) is 18.1 Å². The fourth-order valence-electron chi connectivity index (χ4n) is 3.20. The molecule has 0 N–H and O–H groups in total. The van der Waals surface area contributed by atoms with Crippen LogP contribution in [-0.2, 0) is 11.3 Å². The molecule has 0 bridgehead atoms. The molecule has 0 aliphatic carbocycles. The van der Waals surface area contributed by atoms with Crippen LogP contribution in [0.15, 0.2) is 72.9 Å². The fraction of sp³-hybridized carbons (Fsp3) is 0.0800. The van der Waals surface area contributed by atoms with Crippen molar-refractivity contribution in [1.82, 2.24) is 9.97 Å². The fourth-order valence-corrected chi connectivity index (χ4v) is 3.85. The Balaban J connectivity index is 1.80. The Morgan fingerprint density at radius 3 is 2.42 bits per heavy atom. The van der Waals surface area contributed by atoms with E-state index in [2.05, 4.69) is 9.97 Å². The van der Waals surface area contributed by atoms with Gasteiger partial charge in [-0.15, -0.1) is 0 Å². The number of hydrogen-bond donors (Lipinski definition) is 0. The van der Waals surface area contributed by atoms with Gasteiger partial charge in [0, 0.05) is 17.3 Å². The Hall–Kier alpha value is -3.12. The molecule has 4 aromatic rings. The molecular formula is C25H17Cl3N2O3. The number of nitrogens with zero attached hydrogens (tertiary/aromatic N) is 2. The topological polar surface area (TPSA) is 61.3 Å². The van der Waals surface area contributed by atoms with Gasteiger partial charge in [0.25, 0.3) is 0 Å². The maximum Gasteiger partial charge on any atom is 0.356 e. The number of benzene rings is 2. The number of carbonyl (C=O) groups is 1. The smallest absolute Gasteiger partial charge is 0.356 e. The molecule has 0 amide bonds. The van der Waals surface area contributed by atoms with Gasteiger partial charge < -0.3 is 9.47 Å². The first-order chi connectivity index (χ1) is 16.0. The number of ether oxygens (including phenoxy) is 2. The summed E-state index contributed by atoms with van der Waals surface area (Å²) in [6.45, 7) is 0.344. The van der Waals surface area contributed by atoms with Gasteiger partial charge >= 0.3 is 5.97 Å². The summed E-state index contributed by atoms with van der Waals surface area (Å²) in [7, 11) is 1.30. The van der Waals surface area contributed by atoms with Crippen LogP contribution in [0.5, 0.6) is 5.75 Å². The van der Waals surface area contributed by atoms with Gasteiger partial charge in [0.15, 0.2) is 0 Å². The van der Waals surface area contributed by atoms with E-state index in [1.807, 2.05) is 30.3 Å². The van der Waals surface area contributed by atoms with Gasteiger partial charge in [-0.25, -0.2) is 9.78 Å². The van der Waals surface area contributed by atoms with E-state index in [0.717, 1.165) is 5.56 Å². The molecule has 5 nitrogen and oxygen atoms in total. The highest BCUT2D eigenvalue weighted by molar-refractivity contribution is 6.36. The minimum atomic E-state index is -0.563. The van der Waals surface area contributed by atoms with Crippen molar-refractivity contribution in [1.29, 1.82) is 0 Å². The normalized spacial score (nSPS) is 10.7. The number of halogens is 3. The lowest BCUT2D eigenvalue weighted by Crippen LogP contribution is -2.06. The third kappa shape index (κ3) is 5.28. The summed E-state index contributed by atoms with van der Waals surface area (Å²) < 4.78 is 10.8. The molecule has 0 unspecified atom stereocenters. The van der Waals surface area contributed by atoms with Crippen molar-refractivity contribution in [2.24, 2.45) is 0 Å². The Kier molecular flexibility index (Phi) is 7.14. The molecule has 33 heavy (non-hydrogen) atoms. The molecule has 2 aromatic carbocycles. The summed E-state index contributed by atoms with van der Waals surface area (Å²) in [5, 5.41) is 1.21.